The maximum absolute atomic E-state index is 12.7. The molecule has 0 aliphatic heterocycles. The van der Waals surface area contributed by atoms with Crippen molar-refractivity contribution in [3.63, 3.8) is 0 Å². The lowest BCUT2D eigenvalue weighted by Gasteiger charge is -2.19. The Morgan fingerprint density at radius 1 is 0.917 bits per heavy atom. The van der Waals surface area contributed by atoms with E-state index in [0.717, 1.165) is 36.5 Å². The maximum atomic E-state index is 12.7. The van der Waals surface area contributed by atoms with Crippen molar-refractivity contribution in [1.82, 2.24) is 4.90 Å². The Morgan fingerprint density at radius 3 is 2.08 bits per heavy atom. The molecule has 0 radical (unpaired) electrons. The maximum Gasteiger partial charge on any atom is 0.194 e. The average Bonchev–Trinajstić information content (AvgIpc) is 2.92. The molecule has 0 unspecified atom stereocenters. The SMILES string of the molecule is CCN(CC)CCOc1cccc2c1-c1c(OC)cccc1C2=O. The van der Waals surface area contributed by atoms with E-state index in [0.29, 0.717) is 23.5 Å². The summed E-state index contributed by atoms with van der Waals surface area (Å²) in [4.78, 5) is 15.0. The van der Waals surface area contributed by atoms with Crippen molar-refractivity contribution >= 4 is 5.78 Å². The number of carbonyl (C=O) groups excluding carboxylic acids is 1. The third-order valence-corrected chi connectivity index (χ3v) is 4.57. The van der Waals surface area contributed by atoms with Gasteiger partial charge in [-0.05, 0) is 25.2 Å². The van der Waals surface area contributed by atoms with Gasteiger partial charge >= 0.3 is 0 Å². The quantitative estimate of drug-likeness (QED) is 0.665. The molecule has 0 amide bonds. The van der Waals surface area contributed by atoms with Gasteiger partial charge in [0.15, 0.2) is 5.78 Å². The Bertz CT molecular complexity index is 751. The van der Waals surface area contributed by atoms with Gasteiger partial charge in [-0.15, -0.1) is 0 Å². The van der Waals surface area contributed by atoms with Crippen molar-refractivity contribution in [3.05, 3.63) is 47.5 Å². The van der Waals surface area contributed by atoms with Crippen LogP contribution in [0.1, 0.15) is 29.8 Å². The number of rotatable bonds is 7. The minimum atomic E-state index is 0.0353. The molecule has 0 heterocycles. The zero-order valence-electron chi connectivity index (χ0n) is 14.5. The van der Waals surface area contributed by atoms with Gasteiger partial charge in [-0.2, -0.15) is 0 Å². The van der Waals surface area contributed by atoms with Crippen LogP contribution in [-0.2, 0) is 0 Å². The zero-order valence-corrected chi connectivity index (χ0v) is 14.5. The standard InChI is InChI=1S/C20H23NO3/c1-4-21(5-2)12-13-24-17-11-7-9-15-19(17)18-14(20(15)22)8-6-10-16(18)23-3/h6-11H,4-5,12-13H2,1-3H3. The molecule has 2 aromatic rings. The summed E-state index contributed by atoms with van der Waals surface area (Å²) in [6.45, 7) is 7.75. The van der Waals surface area contributed by atoms with Crippen LogP contribution in [0.3, 0.4) is 0 Å². The fourth-order valence-corrected chi connectivity index (χ4v) is 3.22. The number of ketones is 1. The number of benzene rings is 2. The topological polar surface area (TPSA) is 38.8 Å². The second-order valence-corrected chi connectivity index (χ2v) is 5.77. The van der Waals surface area contributed by atoms with Crippen molar-refractivity contribution in [2.45, 2.75) is 13.8 Å². The van der Waals surface area contributed by atoms with Crippen LogP contribution in [-0.4, -0.2) is 44.0 Å². The molecule has 0 saturated heterocycles. The summed E-state index contributed by atoms with van der Waals surface area (Å²) in [6.07, 6.45) is 0. The van der Waals surface area contributed by atoms with Gasteiger partial charge < -0.3 is 14.4 Å². The normalized spacial score (nSPS) is 12.2. The predicted octanol–water partition coefficient (Wildman–Crippen LogP) is 3.63. The fourth-order valence-electron chi connectivity index (χ4n) is 3.22. The summed E-state index contributed by atoms with van der Waals surface area (Å²) in [5.74, 6) is 1.49. The monoisotopic (exact) mass is 325 g/mol. The molecule has 1 aliphatic rings. The van der Waals surface area contributed by atoms with Crippen molar-refractivity contribution in [2.24, 2.45) is 0 Å². The number of ether oxygens (including phenoxy) is 2. The van der Waals surface area contributed by atoms with E-state index >= 15 is 0 Å². The highest BCUT2D eigenvalue weighted by Crippen LogP contribution is 2.47. The Labute approximate surface area is 143 Å². The van der Waals surface area contributed by atoms with Crippen LogP contribution in [0.15, 0.2) is 36.4 Å². The number of hydrogen-bond donors (Lipinski definition) is 0. The minimum Gasteiger partial charge on any atom is -0.496 e. The molecule has 0 bridgehead atoms. The van der Waals surface area contributed by atoms with Crippen LogP contribution in [0.2, 0.25) is 0 Å². The fraction of sp³-hybridized carbons (Fsp3) is 0.350. The third kappa shape index (κ3) is 2.78. The highest BCUT2D eigenvalue weighted by Gasteiger charge is 2.32. The largest absolute Gasteiger partial charge is 0.496 e. The van der Waals surface area contributed by atoms with E-state index in [4.69, 9.17) is 9.47 Å². The van der Waals surface area contributed by atoms with E-state index in [1.54, 1.807) is 7.11 Å². The number of nitrogens with zero attached hydrogens (tertiary/aromatic N) is 1. The molecule has 2 aromatic carbocycles. The third-order valence-electron chi connectivity index (χ3n) is 4.57. The molecular weight excluding hydrogens is 302 g/mol. The van der Waals surface area contributed by atoms with Crippen molar-refractivity contribution in [3.8, 4) is 22.6 Å². The average molecular weight is 325 g/mol. The van der Waals surface area contributed by atoms with Gasteiger partial charge in [0.1, 0.15) is 18.1 Å². The number of hydrogen-bond acceptors (Lipinski definition) is 4. The van der Waals surface area contributed by atoms with Crippen LogP contribution in [0, 0.1) is 0 Å². The van der Waals surface area contributed by atoms with Crippen LogP contribution < -0.4 is 9.47 Å². The van der Waals surface area contributed by atoms with Gasteiger partial charge in [-0.1, -0.05) is 38.1 Å². The summed E-state index contributed by atoms with van der Waals surface area (Å²) >= 11 is 0. The second-order valence-electron chi connectivity index (χ2n) is 5.77. The van der Waals surface area contributed by atoms with Crippen LogP contribution in [0.5, 0.6) is 11.5 Å². The molecule has 0 atom stereocenters. The smallest absolute Gasteiger partial charge is 0.194 e. The van der Waals surface area contributed by atoms with Crippen molar-refractivity contribution in [1.29, 1.82) is 0 Å². The molecule has 0 saturated carbocycles. The highest BCUT2D eigenvalue weighted by molar-refractivity contribution is 6.23. The molecule has 1 aliphatic carbocycles. The zero-order chi connectivity index (χ0) is 17.1. The number of carbonyl (C=O) groups is 1. The van der Waals surface area contributed by atoms with E-state index in [-0.39, 0.29) is 5.78 Å². The van der Waals surface area contributed by atoms with Crippen molar-refractivity contribution in [2.75, 3.05) is 33.4 Å². The molecule has 3 rings (SSSR count). The Kier molecular flexibility index (Phi) is 4.86. The molecule has 4 nitrogen and oxygen atoms in total. The van der Waals surface area contributed by atoms with E-state index < -0.39 is 0 Å². The van der Waals surface area contributed by atoms with E-state index in [2.05, 4.69) is 18.7 Å². The lowest BCUT2D eigenvalue weighted by molar-refractivity contribution is 0.104. The van der Waals surface area contributed by atoms with E-state index in [9.17, 15) is 4.79 Å². The molecule has 126 valence electrons. The van der Waals surface area contributed by atoms with Gasteiger partial charge in [0.05, 0.1) is 7.11 Å². The number of likely N-dealkylation sites (N-methyl/N-ethyl adjacent to an activating group) is 1. The van der Waals surface area contributed by atoms with E-state index in [1.165, 1.54) is 0 Å². The molecule has 0 spiro atoms. The first kappa shape index (κ1) is 16.5. The van der Waals surface area contributed by atoms with Gasteiger partial charge in [0.2, 0.25) is 0 Å². The highest BCUT2D eigenvalue weighted by atomic mass is 16.5. The molecule has 4 heteroatoms. The molecular formula is C20H23NO3. The summed E-state index contributed by atoms with van der Waals surface area (Å²) in [5.41, 5.74) is 3.08. The molecule has 24 heavy (non-hydrogen) atoms. The summed E-state index contributed by atoms with van der Waals surface area (Å²) in [5, 5.41) is 0. The lowest BCUT2D eigenvalue weighted by atomic mass is 10.0. The van der Waals surface area contributed by atoms with Crippen LogP contribution >= 0.6 is 0 Å². The second kappa shape index (κ2) is 7.05. The summed E-state index contributed by atoms with van der Waals surface area (Å²) < 4.78 is 11.5. The van der Waals surface area contributed by atoms with Crippen LogP contribution in [0.4, 0.5) is 0 Å². The van der Waals surface area contributed by atoms with Gasteiger partial charge in [-0.25, -0.2) is 0 Å². The minimum absolute atomic E-state index is 0.0353. The van der Waals surface area contributed by atoms with Crippen molar-refractivity contribution < 1.29 is 14.3 Å². The molecule has 0 aromatic heterocycles. The first-order chi connectivity index (χ1) is 11.7. The molecule has 0 N–H and O–H groups in total. The van der Waals surface area contributed by atoms with Gasteiger partial charge in [-0.3, -0.25) is 4.79 Å². The predicted molar refractivity (Wildman–Crippen MR) is 95.1 cm³/mol. The summed E-state index contributed by atoms with van der Waals surface area (Å²) in [7, 11) is 1.63. The Balaban J connectivity index is 1.94. The summed E-state index contributed by atoms with van der Waals surface area (Å²) in [6, 6.07) is 11.2. The number of fused-ring (bicyclic) bond motifs is 3. The molecule has 0 fully saturated rings. The Hall–Kier alpha value is -2.33. The van der Waals surface area contributed by atoms with E-state index in [1.807, 2.05) is 36.4 Å². The Morgan fingerprint density at radius 2 is 1.50 bits per heavy atom. The number of methoxy groups -OCH3 is 1. The first-order valence-corrected chi connectivity index (χ1v) is 8.41. The van der Waals surface area contributed by atoms with Gasteiger partial charge in [0, 0.05) is 28.8 Å². The van der Waals surface area contributed by atoms with Crippen LogP contribution in [0.25, 0.3) is 11.1 Å². The van der Waals surface area contributed by atoms with Gasteiger partial charge in [0.25, 0.3) is 0 Å². The lowest BCUT2D eigenvalue weighted by Crippen LogP contribution is -2.28. The first-order valence-electron chi connectivity index (χ1n) is 8.41.